The summed E-state index contributed by atoms with van der Waals surface area (Å²) in [7, 11) is 1.51. The number of hydrogen-bond donors (Lipinski definition) is 8. The van der Waals surface area contributed by atoms with E-state index in [1.807, 2.05) is 30.3 Å². The number of ketones is 1. The van der Waals surface area contributed by atoms with Crippen LogP contribution in [-0.2, 0) is 41.5 Å². The first-order valence-electron chi connectivity index (χ1n) is 31.7. The SMILES string of the molecule is COc1cc([C@H]2CC(=O)[C@H]3[C@@H]4C=C[C@@]56C#CC[C@@H]7N[C@]89CC[C@@]3(O)[C@H]([C@@H]7C#C[C@H]2Cc2ccccc2)[C@]82c3cc(O)c(O)cc3[C@H]3C[C@@H]2[C@@]27C[C@@]38CCC[C@@H]8C=C2[C@H]2C[C@H](O)C(=CC2=C[C@H]7C9)Cc2cc(c5c4c2)CC[C@H]6O)c(CO)cc1O. The quantitative estimate of drug-likeness (QED) is 0.0545. The number of ether oxygens (including phenoxy) is 1. The minimum atomic E-state index is -1.75. The van der Waals surface area contributed by atoms with Crippen LogP contribution in [0.1, 0.15) is 145 Å². The number of benzene rings is 4. The molecule has 21 rings (SSSR count). The molecule has 5 spiro atoms. The molecule has 8 N–H and O–H groups in total. The second kappa shape index (κ2) is 17.0. The summed E-state index contributed by atoms with van der Waals surface area (Å²) >= 11 is 0. The largest absolute Gasteiger partial charge is 0.504 e. The first kappa shape index (κ1) is 50.9. The van der Waals surface area contributed by atoms with Crippen LogP contribution < -0.4 is 10.1 Å². The normalized spacial score (nSPS) is 43.5. The Hall–Kier alpha value is -6.37. The molecule has 16 aliphatic carbocycles. The number of aliphatic hydroxyl groups is 4. The molecule has 1 saturated heterocycles. The predicted octanol–water partition coefficient (Wildman–Crippen LogP) is 9.59. The first-order valence-corrected chi connectivity index (χ1v) is 31.7. The third kappa shape index (κ3) is 6.06. The standard InChI is InChI=1S/C74H73NO9/c1-84-63-32-50(44(36-76)27-61(63)80)49-29-62(81)67-47-15-18-69-16-6-10-57-48(13-11-40(49)21-38-7-3-2-4-8-38)68-73(67,83)20-19-71(75-57)35-46-26-42-25-43(23-39-22-41(12-14-65(69)82)66(69)52(47)24-39)58(77)30-51(42)55-28-45-9-5-17-70(45)37-72(46,55)64-34-54(70)53-31-59(78)60(79)33-56(53)74(64,68)71/h2-4,7-8,15,18,22,24-28,31-33,40,45-49,51,54,57-58,64-65,67-68,75-80,82-83H,5,9-10,12,14,17,19-21,23,29-30,34-37H2,1H3/t40-,45+,46-,47+,48+,49-,51-,54+,57-,58-,64+,65+,67+,68-,69+,70+,71-,72+,73-,74+/m0/s1. The molecule has 84 heavy (non-hydrogen) atoms. The molecule has 0 unspecified atom stereocenters. The molecule has 1 heterocycles. The lowest BCUT2D eigenvalue weighted by atomic mass is 9.23. The van der Waals surface area contributed by atoms with Crippen LogP contribution in [0.15, 0.2) is 114 Å². The molecule has 10 nitrogen and oxygen atoms in total. The average Bonchev–Trinajstić information content (AvgIpc) is 0.762. The maximum absolute atomic E-state index is 17.6. The molecule has 4 saturated carbocycles. The number of aliphatic hydroxyl groups excluding tert-OH is 3. The van der Waals surface area contributed by atoms with E-state index in [0.29, 0.717) is 68.4 Å². The number of piperidine rings is 1. The fourth-order valence-electron chi connectivity index (χ4n) is 23.5. The van der Waals surface area contributed by atoms with Crippen molar-refractivity contribution in [3.63, 3.8) is 0 Å². The summed E-state index contributed by atoms with van der Waals surface area (Å²) in [5.41, 5.74) is 6.90. The lowest BCUT2D eigenvalue weighted by Crippen LogP contribution is -2.87. The number of carbonyl (C=O) groups excluding carboxylic acids is 1. The molecule has 0 aromatic heterocycles. The molecule has 19 bridgehead atoms. The monoisotopic (exact) mass is 1120 g/mol. The van der Waals surface area contributed by atoms with Crippen molar-refractivity contribution >= 4 is 5.78 Å². The number of methoxy groups -OCH3 is 1. The van der Waals surface area contributed by atoms with Gasteiger partial charge in [0.15, 0.2) is 23.0 Å². The Bertz CT molecular complexity index is 3910. The number of Topliss-reactive ketones (excluding diaryl/α,β-unsaturated/α-hetero) is 1. The van der Waals surface area contributed by atoms with Gasteiger partial charge >= 0.3 is 0 Å². The van der Waals surface area contributed by atoms with Gasteiger partial charge in [0, 0.05) is 70.8 Å². The molecule has 20 atom stereocenters. The van der Waals surface area contributed by atoms with Crippen LogP contribution in [0.25, 0.3) is 0 Å². The van der Waals surface area contributed by atoms with Crippen molar-refractivity contribution in [1.29, 1.82) is 0 Å². The summed E-state index contributed by atoms with van der Waals surface area (Å²) in [4.78, 5) is 17.6. The van der Waals surface area contributed by atoms with Crippen LogP contribution in [0, 0.1) is 81.9 Å². The fourth-order valence-corrected chi connectivity index (χ4v) is 23.5. The molecule has 10 heteroatoms. The zero-order valence-electron chi connectivity index (χ0n) is 47.6. The van der Waals surface area contributed by atoms with Gasteiger partial charge in [0.2, 0.25) is 0 Å². The average molecular weight is 1120 g/mol. The van der Waals surface area contributed by atoms with Crippen LogP contribution in [0.4, 0.5) is 0 Å². The molecule has 0 amide bonds. The van der Waals surface area contributed by atoms with Crippen LogP contribution in [0.5, 0.6) is 23.0 Å². The molecular weight excluding hydrogens is 1050 g/mol. The van der Waals surface area contributed by atoms with E-state index in [2.05, 4.69) is 83.6 Å². The molecule has 0 radical (unpaired) electrons. The van der Waals surface area contributed by atoms with Crippen molar-refractivity contribution in [3.05, 3.63) is 164 Å². The molecule has 4 aromatic carbocycles. The van der Waals surface area contributed by atoms with E-state index in [0.717, 1.165) is 83.0 Å². The van der Waals surface area contributed by atoms with E-state index in [4.69, 9.17) is 4.74 Å². The third-order valence-electron chi connectivity index (χ3n) is 26.2. The van der Waals surface area contributed by atoms with Gasteiger partial charge in [-0.25, -0.2) is 0 Å². The Labute approximate surface area is 490 Å². The summed E-state index contributed by atoms with van der Waals surface area (Å²) in [6.45, 7) is -0.404. The molecular formula is C74H73NO9. The second-order valence-corrected chi connectivity index (χ2v) is 29.0. The maximum Gasteiger partial charge on any atom is 0.160 e. The van der Waals surface area contributed by atoms with Crippen LogP contribution in [-0.4, -0.2) is 78.0 Å². The Balaban J connectivity index is 1.01. The van der Waals surface area contributed by atoms with Gasteiger partial charge in [-0.1, -0.05) is 103 Å². The van der Waals surface area contributed by atoms with E-state index in [1.54, 1.807) is 12.1 Å². The lowest BCUT2D eigenvalue weighted by Gasteiger charge is -2.82. The number of fused-ring (bicyclic) bond motifs is 5. The van der Waals surface area contributed by atoms with Crippen molar-refractivity contribution < 1.29 is 45.3 Å². The van der Waals surface area contributed by atoms with Gasteiger partial charge in [-0.2, -0.15) is 0 Å². The van der Waals surface area contributed by atoms with E-state index in [9.17, 15) is 30.6 Å². The highest BCUT2D eigenvalue weighted by Gasteiger charge is 2.84. The van der Waals surface area contributed by atoms with Gasteiger partial charge in [0.05, 0.1) is 37.4 Å². The maximum atomic E-state index is 17.6. The highest BCUT2D eigenvalue weighted by atomic mass is 16.5. The number of nitrogens with one attached hydrogen (secondary N) is 1. The number of allylic oxidation sites excluding steroid dienone is 6. The number of carbonyl (C=O) groups is 1. The molecule has 428 valence electrons. The fraction of sp³-hybridized carbons (Fsp3) is 0.500. The van der Waals surface area contributed by atoms with Gasteiger partial charge < -0.3 is 45.8 Å². The van der Waals surface area contributed by atoms with Crippen molar-refractivity contribution in [2.45, 2.75) is 161 Å². The molecule has 1 aliphatic heterocycles. The van der Waals surface area contributed by atoms with Crippen LogP contribution >= 0.6 is 0 Å². The number of phenols is 3. The molecule has 5 fully saturated rings. The van der Waals surface area contributed by atoms with E-state index < -0.39 is 87.7 Å². The Kier molecular flexibility index (Phi) is 10.3. The summed E-state index contributed by atoms with van der Waals surface area (Å²) in [5.74, 6) is 11.6. The summed E-state index contributed by atoms with van der Waals surface area (Å²) in [5, 5.41) is 92.9. The van der Waals surface area contributed by atoms with E-state index >= 15 is 9.90 Å². The number of hydrogen-bond acceptors (Lipinski definition) is 10. The van der Waals surface area contributed by atoms with Gasteiger partial charge in [0.1, 0.15) is 11.2 Å². The van der Waals surface area contributed by atoms with Crippen molar-refractivity contribution in [1.82, 2.24) is 5.32 Å². The van der Waals surface area contributed by atoms with Crippen molar-refractivity contribution in [2.24, 2.45) is 58.2 Å². The zero-order valence-corrected chi connectivity index (χ0v) is 47.6. The van der Waals surface area contributed by atoms with Crippen LogP contribution in [0.3, 0.4) is 0 Å². The first-order chi connectivity index (χ1) is 40.7. The molecule has 17 aliphatic rings. The summed E-state index contributed by atoms with van der Waals surface area (Å²) in [6.07, 6.45) is 20.1. The molecule has 4 aromatic rings. The highest BCUT2D eigenvalue weighted by molar-refractivity contribution is 5.86. The number of rotatable bonds is 5. The second-order valence-electron chi connectivity index (χ2n) is 29.0. The topological polar surface area (TPSA) is 180 Å². The Morgan fingerprint density at radius 3 is 2.58 bits per heavy atom. The lowest BCUT2D eigenvalue weighted by molar-refractivity contribution is -0.262. The minimum absolute atomic E-state index is 0.00232. The summed E-state index contributed by atoms with van der Waals surface area (Å²) < 4.78 is 5.83. The zero-order chi connectivity index (χ0) is 56.8. The predicted molar refractivity (Wildman–Crippen MR) is 315 cm³/mol. The van der Waals surface area contributed by atoms with Crippen molar-refractivity contribution in [3.8, 4) is 46.7 Å². The van der Waals surface area contributed by atoms with Gasteiger partial charge in [0.25, 0.3) is 0 Å². The van der Waals surface area contributed by atoms with Crippen LogP contribution in [0.2, 0.25) is 0 Å². The van der Waals surface area contributed by atoms with E-state index in [-0.39, 0.29) is 64.3 Å². The Morgan fingerprint density at radius 1 is 0.881 bits per heavy atom. The third-order valence-corrected chi connectivity index (χ3v) is 26.2. The number of aromatic hydroxyl groups is 3. The number of phenolic OH excluding ortho intramolecular Hbond substituents is 3. The van der Waals surface area contributed by atoms with Gasteiger partial charge in [-0.3, -0.25) is 4.79 Å². The number of aryl methyl sites for hydroxylation is 1. The van der Waals surface area contributed by atoms with Crippen molar-refractivity contribution in [2.75, 3.05) is 7.11 Å². The van der Waals surface area contributed by atoms with E-state index in [1.165, 1.54) is 18.3 Å². The summed E-state index contributed by atoms with van der Waals surface area (Å²) in [6, 6.07) is 21.5. The Morgan fingerprint density at radius 2 is 1.74 bits per heavy atom. The highest BCUT2D eigenvalue weighted by Crippen LogP contribution is 2.85. The minimum Gasteiger partial charge on any atom is -0.504 e. The smallest absolute Gasteiger partial charge is 0.160 e. The van der Waals surface area contributed by atoms with Gasteiger partial charge in [-0.15, -0.1) is 5.92 Å². The van der Waals surface area contributed by atoms with Gasteiger partial charge in [-0.05, 0) is 192 Å².